The van der Waals surface area contributed by atoms with E-state index in [2.05, 4.69) is 113 Å². The average Bonchev–Trinajstić information content (AvgIpc) is 4.44. The van der Waals surface area contributed by atoms with Crippen LogP contribution in [0, 0.1) is 28.6 Å². The summed E-state index contributed by atoms with van der Waals surface area (Å²) >= 11 is 1.30. The molecular weight excluding hydrogens is 1020 g/mol. The number of methoxy groups -OCH3 is 1. The van der Waals surface area contributed by atoms with Crippen LogP contribution in [-0.4, -0.2) is 183 Å². The second kappa shape index (κ2) is 20.4. The number of benzene rings is 1. The SMILES string of the molecule is CCn1c(-c2cc(N3CCN(C4CC4)CC3)cnc2[C@H](C)OC)c2c3cc(ccc31)-c1nc(ns1)C[C@H](NC(=O)[C@H](C(C)C)N1CC[C@]3(CCN(C(=O)[C@H]4[C@@H](C5CC5)N4C)C3)C1)C(=O)N1N[C@H](C(=O)OCC(C)(C)C2)C2CC1C2. The van der Waals surface area contributed by atoms with Crippen LogP contribution in [-0.2, 0) is 48.0 Å². The fourth-order valence-electron chi connectivity index (χ4n) is 15.0. The predicted octanol–water partition coefficient (Wildman–Crippen LogP) is 5.92. The molecule has 424 valence electrons. The molecule has 10 heterocycles. The zero-order chi connectivity index (χ0) is 54.8. The van der Waals surface area contributed by atoms with Gasteiger partial charge in [-0.2, -0.15) is 4.37 Å². The van der Waals surface area contributed by atoms with Gasteiger partial charge in [-0.1, -0.05) is 27.7 Å². The van der Waals surface area contributed by atoms with E-state index < -0.39 is 23.5 Å². The summed E-state index contributed by atoms with van der Waals surface area (Å²) in [5, 5.41) is 6.68. The Bertz CT molecular complexity index is 3030. The number of hydrogen-bond donors (Lipinski definition) is 2. The minimum absolute atomic E-state index is 0.0127. The summed E-state index contributed by atoms with van der Waals surface area (Å²) in [6.07, 6.45) is 10.6. The van der Waals surface area contributed by atoms with Gasteiger partial charge in [0.25, 0.3) is 5.91 Å². The van der Waals surface area contributed by atoms with Crippen LogP contribution in [0.1, 0.15) is 116 Å². The van der Waals surface area contributed by atoms with E-state index in [0.29, 0.717) is 43.6 Å². The number of nitrogens with zero attached hydrogens (tertiary/aromatic N) is 10. The van der Waals surface area contributed by atoms with E-state index in [-0.39, 0.29) is 72.2 Å². The van der Waals surface area contributed by atoms with Crippen LogP contribution in [0.25, 0.3) is 32.7 Å². The van der Waals surface area contributed by atoms with Crippen molar-refractivity contribution in [2.45, 2.75) is 161 Å². The first kappa shape index (κ1) is 53.3. The zero-order valence-corrected chi connectivity index (χ0v) is 48.5. The molecule has 0 radical (unpaired) electrons. The number of aryl methyl sites for hydroxylation is 1. The number of ether oxygens (including phenoxy) is 2. The van der Waals surface area contributed by atoms with Gasteiger partial charge >= 0.3 is 5.97 Å². The summed E-state index contributed by atoms with van der Waals surface area (Å²) in [5.74, 6) is 0.469. The number of fused-ring (bicyclic) bond motifs is 4. The van der Waals surface area contributed by atoms with Crippen LogP contribution in [0.15, 0.2) is 30.5 Å². The number of esters is 1. The number of carbonyl (C=O) groups is 4. The monoisotopic (exact) mass is 1100 g/mol. The van der Waals surface area contributed by atoms with Crippen molar-refractivity contribution < 1.29 is 28.7 Å². The first-order valence-corrected chi connectivity index (χ1v) is 30.6. The van der Waals surface area contributed by atoms with Gasteiger partial charge in [-0.05, 0) is 144 Å². The molecule has 79 heavy (non-hydrogen) atoms. The summed E-state index contributed by atoms with van der Waals surface area (Å²) in [7, 11) is 3.83. The Morgan fingerprint density at radius 3 is 2.46 bits per heavy atom. The van der Waals surface area contributed by atoms with E-state index >= 15 is 4.79 Å². The number of likely N-dealkylation sites (tertiary alicyclic amines) is 2. The molecule has 3 aromatic heterocycles. The molecule has 19 heteroatoms. The maximum Gasteiger partial charge on any atom is 0.325 e. The summed E-state index contributed by atoms with van der Waals surface area (Å²) in [6.45, 7) is 20.5. The molecule has 9 fully saturated rings. The predicted molar refractivity (Wildman–Crippen MR) is 303 cm³/mol. The molecule has 14 rings (SSSR count). The third-order valence-electron chi connectivity index (χ3n) is 19.9. The van der Waals surface area contributed by atoms with Gasteiger partial charge in [0.05, 0.1) is 42.0 Å². The first-order chi connectivity index (χ1) is 38.0. The Kier molecular flexibility index (Phi) is 13.8. The standard InChI is InChI=1S/C60H82N12O6S/c1-9-71-46-15-12-37-26-42(46)44(52(71)43-27-41(30-61-48(43)35(4)77-8)68-22-20-67(21-23-68)39-13-14-39)29-59(5,6)33-78-58(76)49-38-24-40(25-38)72(64-49)56(74)45(28-47-63-55(37)79-65-47)62-54(73)50(34(2)3)69-18-16-60(31-69)17-19-70(32-60)57(75)53-51(66(53)7)36-10-11-36/h12,15,26-27,30,34-36,38-40,45,49-51,53,64H,9-11,13-14,16-25,28-29,31-33H2,1-8H3,(H,62,73)/t35-,38?,40?,45-,49-,50-,51+,53+,60-,66?/m0/s1. The largest absolute Gasteiger partial charge is 0.464 e. The van der Waals surface area contributed by atoms with E-state index in [9.17, 15) is 14.4 Å². The van der Waals surface area contributed by atoms with Crippen LogP contribution in [0.2, 0.25) is 0 Å². The van der Waals surface area contributed by atoms with Gasteiger partial charge in [-0.15, -0.1) is 0 Å². The molecule has 1 aromatic carbocycles. The number of cyclic esters (lactones) is 1. The smallest absolute Gasteiger partial charge is 0.325 e. The number of likely N-dealkylation sites (N-methyl/N-ethyl adjacent to an activating group) is 1. The number of piperazine rings is 1. The molecule has 4 aromatic rings. The molecule has 10 aliphatic rings. The van der Waals surface area contributed by atoms with Crippen molar-refractivity contribution in [2.75, 3.05) is 78.0 Å². The van der Waals surface area contributed by atoms with Gasteiger partial charge < -0.3 is 29.2 Å². The summed E-state index contributed by atoms with van der Waals surface area (Å²) < 4.78 is 19.7. The molecule has 18 nitrogen and oxygen atoms in total. The van der Waals surface area contributed by atoms with Crippen molar-refractivity contribution in [3.63, 3.8) is 0 Å². The maximum absolute atomic E-state index is 15.1. The van der Waals surface area contributed by atoms with E-state index in [1.165, 1.54) is 37.2 Å². The van der Waals surface area contributed by atoms with Gasteiger partial charge in [0, 0.05) is 117 Å². The molecule has 3 saturated carbocycles. The van der Waals surface area contributed by atoms with Gasteiger partial charge in [0.2, 0.25) is 11.8 Å². The lowest BCUT2D eigenvalue weighted by atomic mass is 9.73. The number of rotatable bonds is 12. The van der Waals surface area contributed by atoms with Crippen molar-refractivity contribution >= 4 is 51.8 Å². The number of aromatic nitrogens is 4. The summed E-state index contributed by atoms with van der Waals surface area (Å²) in [5.41, 5.74) is 9.98. The van der Waals surface area contributed by atoms with Crippen molar-refractivity contribution in [3.05, 3.63) is 47.5 Å². The van der Waals surface area contributed by atoms with E-state index in [0.717, 1.165) is 121 Å². The van der Waals surface area contributed by atoms with Crippen LogP contribution in [0.5, 0.6) is 0 Å². The fraction of sp³-hybridized carbons (Fsp3) is 0.683. The molecule has 8 atom stereocenters. The highest BCUT2D eigenvalue weighted by atomic mass is 32.1. The van der Waals surface area contributed by atoms with Crippen LogP contribution < -0.4 is 15.6 Å². The maximum atomic E-state index is 15.1. The van der Waals surface area contributed by atoms with E-state index in [4.69, 9.17) is 23.8 Å². The zero-order valence-electron chi connectivity index (χ0n) is 47.7. The molecule has 3 aliphatic carbocycles. The van der Waals surface area contributed by atoms with Gasteiger partial charge in [0.15, 0.2) is 0 Å². The average molecular weight is 1100 g/mol. The lowest BCUT2D eigenvalue weighted by Gasteiger charge is -2.53. The second-order valence-electron chi connectivity index (χ2n) is 26.3. The quantitative estimate of drug-likeness (QED) is 0.126. The first-order valence-electron chi connectivity index (χ1n) is 29.8. The fourth-order valence-corrected chi connectivity index (χ4v) is 15.7. The number of anilines is 1. The summed E-state index contributed by atoms with van der Waals surface area (Å²) in [6, 6.07) is 7.66. The second-order valence-corrected chi connectivity index (χ2v) is 27.1. The van der Waals surface area contributed by atoms with Crippen LogP contribution in [0.3, 0.4) is 0 Å². The Morgan fingerprint density at radius 2 is 1.73 bits per heavy atom. The number of pyridine rings is 1. The Labute approximate surface area is 469 Å². The van der Waals surface area contributed by atoms with Gasteiger partial charge in [-0.3, -0.25) is 43.9 Å². The lowest BCUT2D eigenvalue weighted by molar-refractivity contribution is -0.171. The molecule has 7 aliphatic heterocycles. The van der Waals surface area contributed by atoms with E-state index in [1.807, 2.05) is 6.20 Å². The Morgan fingerprint density at radius 1 is 0.962 bits per heavy atom. The van der Waals surface area contributed by atoms with Crippen molar-refractivity contribution in [3.8, 4) is 21.8 Å². The Balaban J connectivity index is 0.820. The van der Waals surface area contributed by atoms with Gasteiger partial charge in [-0.25, -0.2) is 10.4 Å². The van der Waals surface area contributed by atoms with Crippen molar-refractivity contribution in [1.82, 2.24) is 54.3 Å². The highest BCUT2D eigenvalue weighted by molar-refractivity contribution is 7.09. The minimum Gasteiger partial charge on any atom is -0.464 e. The van der Waals surface area contributed by atoms with Crippen molar-refractivity contribution in [1.29, 1.82) is 0 Å². The van der Waals surface area contributed by atoms with Crippen LogP contribution >= 0.6 is 11.5 Å². The molecule has 6 saturated heterocycles. The summed E-state index contributed by atoms with van der Waals surface area (Å²) in [4.78, 5) is 80.5. The third kappa shape index (κ3) is 9.86. The van der Waals surface area contributed by atoms with E-state index in [1.54, 1.807) is 12.1 Å². The number of amides is 3. The Hall–Kier alpha value is -5.05. The number of hydrazine groups is 1. The normalized spacial score (nSPS) is 30.9. The number of nitrogens with one attached hydrogen (secondary N) is 2. The lowest BCUT2D eigenvalue weighted by Crippen LogP contribution is -2.72. The highest BCUT2D eigenvalue weighted by Gasteiger charge is 2.59. The highest BCUT2D eigenvalue weighted by Crippen LogP contribution is 2.49. The molecule has 3 amide bonds. The molecular formula is C60H82N12O6S. The molecule has 2 N–H and O–H groups in total. The topological polar surface area (TPSA) is 174 Å². The number of hydrogen-bond acceptors (Lipinski definition) is 15. The number of carbonyl (C=O) groups excluding carboxylic acids is 4. The van der Waals surface area contributed by atoms with Crippen LogP contribution in [0.4, 0.5) is 5.69 Å². The third-order valence-corrected chi connectivity index (χ3v) is 20.7. The minimum atomic E-state index is -1.01. The molecule has 1 unspecified atom stereocenters. The molecule has 8 bridgehead atoms. The molecule has 1 spiro atoms. The van der Waals surface area contributed by atoms with Crippen molar-refractivity contribution in [2.24, 2.45) is 28.6 Å². The van der Waals surface area contributed by atoms with Gasteiger partial charge in [0.1, 0.15) is 29.0 Å².